The third kappa shape index (κ3) is 3.51. The molecule has 0 atom stereocenters. The van der Waals surface area contributed by atoms with Gasteiger partial charge in [0.2, 0.25) is 0 Å². The van der Waals surface area contributed by atoms with Gasteiger partial charge in [-0.25, -0.2) is 8.78 Å². The summed E-state index contributed by atoms with van der Waals surface area (Å²) in [5.41, 5.74) is 6.76. The van der Waals surface area contributed by atoms with Crippen LogP contribution in [0.5, 0.6) is 0 Å². The molecule has 3 aromatic rings. The first kappa shape index (κ1) is 18.2. The predicted octanol–water partition coefficient (Wildman–Crippen LogP) is 7.39. The number of hydrogen-bond acceptors (Lipinski definition) is 0. The molecule has 0 heterocycles. The highest BCUT2D eigenvalue weighted by atomic mass is 35.5. The second kappa shape index (κ2) is 7.44. The van der Waals surface area contributed by atoms with Crippen LogP contribution in [0.25, 0.3) is 22.3 Å². The lowest BCUT2D eigenvalue weighted by Gasteiger charge is -2.22. The molecule has 0 aromatic heterocycles. The van der Waals surface area contributed by atoms with Gasteiger partial charge in [0.15, 0.2) is 0 Å². The lowest BCUT2D eigenvalue weighted by Crippen LogP contribution is -2.06. The number of aryl methyl sites for hydroxylation is 3. The zero-order valence-electron chi connectivity index (χ0n) is 15.3. The van der Waals surface area contributed by atoms with Crippen LogP contribution in [-0.2, 0) is 19.3 Å². The van der Waals surface area contributed by atoms with Crippen molar-refractivity contribution in [3.63, 3.8) is 0 Å². The smallest absolute Gasteiger partial charge is 0.142 e. The van der Waals surface area contributed by atoms with Crippen molar-refractivity contribution in [3.8, 4) is 22.3 Å². The van der Waals surface area contributed by atoms with Crippen LogP contribution in [0.15, 0.2) is 48.5 Å². The molecule has 0 saturated carbocycles. The molecule has 0 spiro atoms. The van der Waals surface area contributed by atoms with Crippen molar-refractivity contribution in [2.75, 3.05) is 0 Å². The molecular formula is C24H21ClF2. The Bertz CT molecular complexity index is 1010. The number of unbranched alkanes of at least 4 members (excludes halogenated alkanes) is 1. The number of fused-ring (bicyclic) bond motifs is 3. The Kier molecular flexibility index (Phi) is 5.01. The number of hydrogen-bond donors (Lipinski definition) is 0. The minimum Gasteiger partial charge on any atom is -0.206 e. The summed E-state index contributed by atoms with van der Waals surface area (Å²) in [5.74, 6) is -0.866. The first-order chi connectivity index (χ1) is 13.1. The fraction of sp³-hybridized carbons (Fsp3) is 0.250. The first-order valence-electron chi connectivity index (χ1n) is 9.47. The lowest BCUT2D eigenvalue weighted by molar-refractivity contribution is 0.624. The standard InChI is InChI=1S/C24H21ClF2/c1-2-3-4-15-5-9-19-16(11-15)6-7-17-12-21(23(26)14-20(17)19)18-8-10-22(25)24(27)13-18/h5,8-14H,2-4,6-7H2,1H3. The molecule has 4 rings (SSSR count). The van der Waals surface area contributed by atoms with Crippen LogP contribution < -0.4 is 0 Å². The SMILES string of the molecule is CCCCc1ccc2c(c1)CCc1cc(-c3ccc(Cl)c(F)c3)c(F)cc1-2. The summed E-state index contributed by atoms with van der Waals surface area (Å²) in [4.78, 5) is 0. The van der Waals surface area contributed by atoms with Gasteiger partial charge < -0.3 is 0 Å². The molecule has 27 heavy (non-hydrogen) atoms. The molecule has 0 aliphatic heterocycles. The van der Waals surface area contributed by atoms with Crippen LogP contribution in [-0.4, -0.2) is 0 Å². The maximum absolute atomic E-state index is 14.9. The Morgan fingerprint density at radius 1 is 0.815 bits per heavy atom. The van der Waals surface area contributed by atoms with Gasteiger partial charge >= 0.3 is 0 Å². The highest BCUT2D eigenvalue weighted by Crippen LogP contribution is 2.38. The van der Waals surface area contributed by atoms with E-state index in [-0.39, 0.29) is 10.8 Å². The van der Waals surface area contributed by atoms with Crippen molar-refractivity contribution in [2.24, 2.45) is 0 Å². The Balaban J connectivity index is 1.75. The van der Waals surface area contributed by atoms with Gasteiger partial charge in [0.05, 0.1) is 5.02 Å². The third-order valence-electron chi connectivity index (χ3n) is 5.37. The van der Waals surface area contributed by atoms with Gasteiger partial charge in [-0.3, -0.25) is 0 Å². The molecule has 0 bridgehead atoms. The molecule has 0 amide bonds. The van der Waals surface area contributed by atoms with E-state index in [9.17, 15) is 8.78 Å². The predicted molar refractivity (Wildman–Crippen MR) is 108 cm³/mol. The highest BCUT2D eigenvalue weighted by Gasteiger charge is 2.20. The maximum Gasteiger partial charge on any atom is 0.142 e. The maximum atomic E-state index is 14.9. The van der Waals surface area contributed by atoms with E-state index in [4.69, 9.17) is 11.6 Å². The molecule has 1 aliphatic rings. The molecule has 3 heteroatoms. The van der Waals surface area contributed by atoms with Crippen LogP contribution in [0, 0.1) is 11.6 Å². The molecule has 0 nitrogen and oxygen atoms in total. The van der Waals surface area contributed by atoms with Crippen LogP contribution in [0.1, 0.15) is 36.5 Å². The van der Waals surface area contributed by atoms with E-state index in [1.165, 1.54) is 36.1 Å². The molecule has 0 radical (unpaired) electrons. The van der Waals surface area contributed by atoms with Gasteiger partial charge in [0.25, 0.3) is 0 Å². The summed E-state index contributed by atoms with van der Waals surface area (Å²) in [5, 5.41) is 0.0462. The normalized spacial score (nSPS) is 12.6. The molecule has 138 valence electrons. The van der Waals surface area contributed by atoms with E-state index in [2.05, 4.69) is 25.1 Å². The number of rotatable bonds is 4. The lowest BCUT2D eigenvalue weighted by atomic mass is 9.83. The van der Waals surface area contributed by atoms with Gasteiger partial charge in [-0.05, 0) is 83.3 Å². The van der Waals surface area contributed by atoms with Crippen LogP contribution in [0.3, 0.4) is 0 Å². The average molecular weight is 383 g/mol. The van der Waals surface area contributed by atoms with Gasteiger partial charge in [-0.15, -0.1) is 0 Å². The van der Waals surface area contributed by atoms with Crippen molar-refractivity contribution in [1.29, 1.82) is 0 Å². The van der Waals surface area contributed by atoms with E-state index in [0.717, 1.165) is 36.0 Å². The Hall–Kier alpha value is -2.19. The van der Waals surface area contributed by atoms with Crippen LogP contribution in [0.4, 0.5) is 8.78 Å². The molecule has 3 aromatic carbocycles. The molecule has 0 unspecified atom stereocenters. The van der Waals surface area contributed by atoms with Crippen molar-refractivity contribution >= 4 is 11.6 Å². The Morgan fingerprint density at radius 2 is 1.59 bits per heavy atom. The van der Waals surface area contributed by atoms with E-state index >= 15 is 0 Å². The fourth-order valence-electron chi connectivity index (χ4n) is 3.88. The van der Waals surface area contributed by atoms with E-state index in [1.807, 2.05) is 6.07 Å². The molecule has 0 N–H and O–H groups in total. The Morgan fingerprint density at radius 3 is 2.33 bits per heavy atom. The molecule has 0 saturated heterocycles. The van der Waals surface area contributed by atoms with Crippen molar-refractivity contribution in [2.45, 2.75) is 39.0 Å². The topological polar surface area (TPSA) is 0 Å². The fourth-order valence-corrected chi connectivity index (χ4v) is 4.00. The monoisotopic (exact) mass is 382 g/mol. The van der Waals surface area contributed by atoms with E-state index < -0.39 is 5.82 Å². The summed E-state index contributed by atoms with van der Waals surface area (Å²) >= 11 is 5.76. The first-order valence-corrected chi connectivity index (χ1v) is 9.84. The van der Waals surface area contributed by atoms with E-state index in [0.29, 0.717) is 11.1 Å². The second-order valence-corrected chi connectivity index (χ2v) is 7.62. The quantitative estimate of drug-likeness (QED) is 0.441. The summed E-state index contributed by atoms with van der Waals surface area (Å²) in [6.07, 6.45) is 5.27. The number of benzene rings is 3. The molecule has 1 aliphatic carbocycles. The average Bonchev–Trinajstić information content (AvgIpc) is 2.68. The van der Waals surface area contributed by atoms with Gasteiger partial charge in [0.1, 0.15) is 11.6 Å². The minimum absolute atomic E-state index is 0.0462. The second-order valence-electron chi connectivity index (χ2n) is 7.21. The third-order valence-corrected chi connectivity index (χ3v) is 5.67. The van der Waals surface area contributed by atoms with Crippen molar-refractivity contribution < 1.29 is 8.78 Å². The van der Waals surface area contributed by atoms with Crippen molar-refractivity contribution in [1.82, 2.24) is 0 Å². The zero-order chi connectivity index (χ0) is 19.0. The summed E-state index contributed by atoms with van der Waals surface area (Å²) in [7, 11) is 0. The van der Waals surface area contributed by atoms with E-state index in [1.54, 1.807) is 12.1 Å². The highest BCUT2D eigenvalue weighted by molar-refractivity contribution is 6.30. The molecular weight excluding hydrogens is 362 g/mol. The van der Waals surface area contributed by atoms with Gasteiger partial charge in [0, 0.05) is 5.56 Å². The minimum atomic E-state index is -0.531. The van der Waals surface area contributed by atoms with Crippen LogP contribution in [0.2, 0.25) is 5.02 Å². The summed E-state index contributed by atoms with van der Waals surface area (Å²) in [6, 6.07) is 14.4. The largest absolute Gasteiger partial charge is 0.206 e. The van der Waals surface area contributed by atoms with Gasteiger partial charge in [-0.1, -0.05) is 49.2 Å². The van der Waals surface area contributed by atoms with Crippen molar-refractivity contribution in [3.05, 3.63) is 81.9 Å². The summed E-state index contributed by atoms with van der Waals surface area (Å²) in [6.45, 7) is 2.20. The number of halogens is 3. The zero-order valence-corrected chi connectivity index (χ0v) is 16.0. The summed E-state index contributed by atoms with van der Waals surface area (Å²) < 4.78 is 28.7. The molecule has 0 fully saturated rings. The Labute approximate surface area is 163 Å². The van der Waals surface area contributed by atoms with Crippen LogP contribution >= 0.6 is 11.6 Å². The van der Waals surface area contributed by atoms with Gasteiger partial charge in [-0.2, -0.15) is 0 Å².